The van der Waals surface area contributed by atoms with Crippen LogP contribution in [0.4, 0.5) is 5.69 Å². The first-order valence-electron chi connectivity index (χ1n) is 5.76. The molecule has 0 aliphatic rings. The highest BCUT2D eigenvalue weighted by molar-refractivity contribution is 9.10. The van der Waals surface area contributed by atoms with E-state index >= 15 is 0 Å². The SMILES string of the molecule is COc1ccc(Br)cc1NCCn1ccnc1C. The van der Waals surface area contributed by atoms with Crippen molar-refractivity contribution in [1.29, 1.82) is 0 Å². The van der Waals surface area contributed by atoms with E-state index in [-0.39, 0.29) is 0 Å². The predicted octanol–water partition coefficient (Wildman–Crippen LogP) is 3.07. The summed E-state index contributed by atoms with van der Waals surface area (Å²) in [6.45, 7) is 3.70. The molecule has 4 nitrogen and oxygen atoms in total. The van der Waals surface area contributed by atoms with Gasteiger partial charge in [0.15, 0.2) is 0 Å². The van der Waals surface area contributed by atoms with Crippen LogP contribution < -0.4 is 10.1 Å². The fourth-order valence-electron chi connectivity index (χ4n) is 1.77. The number of nitrogens with zero attached hydrogens (tertiary/aromatic N) is 2. The van der Waals surface area contributed by atoms with Crippen molar-refractivity contribution in [3.05, 3.63) is 40.9 Å². The smallest absolute Gasteiger partial charge is 0.142 e. The molecule has 0 saturated carbocycles. The molecule has 1 N–H and O–H groups in total. The molecule has 1 aromatic heterocycles. The highest BCUT2D eigenvalue weighted by Crippen LogP contribution is 2.27. The summed E-state index contributed by atoms with van der Waals surface area (Å²) in [5.74, 6) is 1.87. The zero-order valence-electron chi connectivity index (χ0n) is 10.5. The number of aromatic nitrogens is 2. The number of anilines is 1. The Balaban J connectivity index is 1.98. The maximum atomic E-state index is 5.31. The molecule has 0 fully saturated rings. The minimum atomic E-state index is 0.823. The third-order valence-corrected chi connectivity index (χ3v) is 3.25. The lowest BCUT2D eigenvalue weighted by atomic mass is 10.3. The van der Waals surface area contributed by atoms with E-state index in [4.69, 9.17) is 4.74 Å². The molecule has 0 aliphatic carbocycles. The molecule has 0 aliphatic heterocycles. The molecular weight excluding hydrogens is 294 g/mol. The summed E-state index contributed by atoms with van der Waals surface area (Å²) >= 11 is 3.46. The van der Waals surface area contributed by atoms with Gasteiger partial charge in [0.05, 0.1) is 12.8 Å². The molecule has 1 aromatic carbocycles. The average Bonchev–Trinajstić information content (AvgIpc) is 2.76. The van der Waals surface area contributed by atoms with E-state index in [1.807, 2.05) is 37.5 Å². The van der Waals surface area contributed by atoms with Gasteiger partial charge in [0.2, 0.25) is 0 Å². The van der Waals surface area contributed by atoms with Crippen LogP contribution in [0.1, 0.15) is 5.82 Å². The van der Waals surface area contributed by atoms with Crippen LogP contribution >= 0.6 is 15.9 Å². The summed E-state index contributed by atoms with van der Waals surface area (Å²) in [6.07, 6.45) is 3.80. The molecule has 0 atom stereocenters. The maximum absolute atomic E-state index is 5.31. The van der Waals surface area contributed by atoms with Crippen LogP contribution in [0.5, 0.6) is 5.75 Å². The molecule has 0 saturated heterocycles. The number of aryl methyl sites for hydroxylation is 1. The lowest BCUT2D eigenvalue weighted by molar-refractivity contribution is 0.416. The van der Waals surface area contributed by atoms with Gasteiger partial charge in [0, 0.05) is 30.0 Å². The van der Waals surface area contributed by atoms with E-state index in [1.165, 1.54) is 0 Å². The summed E-state index contributed by atoms with van der Waals surface area (Å²) in [7, 11) is 1.68. The number of nitrogens with one attached hydrogen (secondary N) is 1. The Morgan fingerprint density at radius 3 is 2.94 bits per heavy atom. The molecule has 0 unspecified atom stereocenters. The van der Waals surface area contributed by atoms with Crippen LogP contribution in [0.15, 0.2) is 35.1 Å². The van der Waals surface area contributed by atoms with Crippen LogP contribution in [-0.2, 0) is 6.54 Å². The number of hydrogen-bond acceptors (Lipinski definition) is 3. The monoisotopic (exact) mass is 309 g/mol. The number of methoxy groups -OCH3 is 1. The zero-order chi connectivity index (χ0) is 13.0. The lowest BCUT2D eigenvalue weighted by Gasteiger charge is -2.12. The second-order valence-corrected chi connectivity index (χ2v) is 4.85. The highest BCUT2D eigenvalue weighted by Gasteiger charge is 2.03. The minimum Gasteiger partial charge on any atom is -0.495 e. The van der Waals surface area contributed by atoms with Gasteiger partial charge < -0.3 is 14.6 Å². The van der Waals surface area contributed by atoms with E-state index in [9.17, 15) is 0 Å². The van der Waals surface area contributed by atoms with Crippen molar-refractivity contribution >= 4 is 21.6 Å². The van der Waals surface area contributed by atoms with Crippen molar-refractivity contribution in [2.75, 3.05) is 19.0 Å². The predicted molar refractivity (Wildman–Crippen MR) is 76.1 cm³/mol. The topological polar surface area (TPSA) is 39.1 Å². The third-order valence-electron chi connectivity index (χ3n) is 2.75. The third kappa shape index (κ3) is 3.04. The number of rotatable bonds is 5. The largest absolute Gasteiger partial charge is 0.495 e. The van der Waals surface area contributed by atoms with Crippen molar-refractivity contribution in [2.45, 2.75) is 13.5 Å². The summed E-state index contributed by atoms with van der Waals surface area (Å²) in [6, 6.07) is 5.92. The van der Waals surface area contributed by atoms with Crippen LogP contribution in [0, 0.1) is 6.92 Å². The fourth-order valence-corrected chi connectivity index (χ4v) is 2.13. The normalized spacial score (nSPS) is 10.4. The van der Waals surface area contributed by atoms with Gasteiger partial charge in [-0.2, -0.15) is 0 Å². The Labute approximate surface area is 115 Å². The van der Waals surface area contributed by atoms with Gasteiger partial charge in [-0.15, -0.1) is 0 Å². The Hall–Kier alpha value is -1.49. The van der Waals surface area contributed by atoms with E-state index in [0.29, 0.717) is 0 Å². The molecule has 0 bridgehead atoms. The average molecular weight is 310 g/mol. The first-order valence-corrected chi connectivity index (χ1v) is 6.55. The van der Waals surface area contributed by atoms with Crippen LogP contribution in [0.25, 0.3) is 0 Å². The van der Waals surface area contributed by atoms with E-state index in [2.05, 4.69) is 30.8 Å². The van der Waals surface area contributed by atoms with E-state index in [1.54, 1.807) is 7.11 Å². The highest BCUT2D eigenvalue weighted by atomic mass is 79.9. The lowest BCUT2D eigenvalue weighted by Crippen LogP contribution is -2.11. The van der Waals surface area contributed by atoms with Gasteiger partial charge in [-0.05, 0) is 25.1 Å². The molecule has 96 valence electrons. The van der Waals surface area contributed by atoms with Crippen LogP contribution in [0.2, 0.25) is 0 Å². The molecule has 5 heteroatoms. The van der Waals surface area contributed by atoms with Gasteiger partial charge in [0.25, 0.3) is 0 Å². The Bertz CT molecular complexity index is 525. The molecule has 0 spiro atoms. The van der Waals surface area contributed by atoms with E-state index < -0.39 is 0 Å². The standard InChI is InChI=1S/C13H16BrN3O/c1-10-15-5-7-17(10)8-6-16-12-9-11(14)3-4-13(12)18-2/h3-5,7,9,16H,6,8H2,1-2H3. The number of hydrogen-bond donors (Lipinski definition) is 1. The van der Waals surface area contributed by atoms with Crippen molar-refractivity contribution in [1.82, 2.24) is 9.55 Å². The van der Waals surface area contributed by atoms with Gasteiger partial charge in [-0.1, -0.05) is 15.9 Å². The van der Waals surface area contributed by atoms with Gasteiger partial charge in [0.1, 0.15) is 11.6 Å². The molecule has 2 aromatic rings. The van der Waals surface area contributed by atoms with Crippen LogP contribution in [-0.4, -0.2) is 23.2 Å². The molecule has 0 radical (unpaired) electrons. The molecule has 18 heavy (non-hydrogen) atoms. The molecular formula is C13H16BrN3O. The molecule has 2 rings (SSSR count). The van der Waals surface area contributed by atoms with Crippen molar-refractivity contribution in [3.63, 3.8) is 0 Å². The van der Waals surface area contributed by atoms with Crippen molar-refractivity contribution in [3.8, 4) is 5.75 Å². The molecule has 1 heterocycles. The van der Waals surface area contributed by atoms with Crippen molar-refractivity contribution in [2.24, 2.45) is 0 Å². The Morgan fingerprint density at radius 2 is 2.28 bits per heavy atom. The number of imidazole rings is 1. The molecule has 0 amide bonds. The summed E-state index contributed by atoms with van der Waals surface area (Å²) in [5, 5.41) is 3.37. The first-order chi connectivity index (χ1) is 8.70. The first kappa shape index (κ1) is 13.0. The second-order valence-electron chi connectivity index (χ2n) is 3.94. The fraction of sp³-hybridized carbons (Fsp3) is 0.308. The second kappa shape index (κ2) is 5.91. The van der Waals surface area contributed by atoms with Gasteiger partial charge in [-0.25, -0.2) is 4.98 Å². The Morgan fingerprint density at radius 1 is 1.44 bits per heavy atom. The van der Waals surface area contributed by atoms with E-state index in [0.717, 1.165) is 34.8 Å². The van der Waals surface area contributed by atoms with Crippen LogP contribution in [0.3, 0.4) is 0 Å². The summed E-state index contributed by atoms with van der Waals surface area (Å²) in [5.41, 5.74) is 0.990. The number of ether oxygens (including phenoxy) is 1. The zero-order valence-corrected chi connectivity index (χ0v) is 12.1. The van der Waals surface area contributed by atoms with Gasteiger partial charge >= 0.3 is 0 Å². The number of benzene rings is 1. The van der Waals surface area contributed by atoms with Gasteiger partial charge in [-0.3, -0.25) is 0 Å². The quantitative estimate of drug-likeness (QED) is 0.922. The summed E-state index contributed by atoms with van der Waals surface area (Å²) < 4.78 is 8.45. The maximum Gasteiger partial charge on any atom is 0.142 e. The summed E-state index contributed by atoms with van der Waals surface area (Å²) in [4.78, 5) is 4.19. The Kier molecular flexibility index (Phi) is 4.25. The minimum absolute atomic E-state index is 0.823. The number of halogens is 1. The van der Waals surface area contributed by atoms with Crippen molar-refractivity contribution < 1.29 is 4.74 Å².